The van der Waals surface area contributed by atoms with Gasteiger partial charge in [0.15, 0.2) is 0 Å². The first kappa shape index (κ1) is 19.7. The fraction of sp³-hybridized carbons (Fsp3) is 0.192. The minimum Gasteiger partial charge on any atom is -0.497 e. The molecule has 4 heteroatoms. The summed E-state index contributed by atoms with van der Waals surface area (Å²) in [6.07, 6.45) is 4.15. The summed E-state index contributed by atoms with van der Waals surface area (Å²) in [5.74, 6) is 0.611. The Balaban J connectivity index is 1.86. The van der Waals surface area contributed by atoms with Crippen LogP contribution in [0, 0.1) is 17.1 Å². The van der Waals surface area contributed by atoms with Gasteiger partial charge in [0.25, 0.3) is 0 Å². The standard InChI is InChI=1S/C26H23FN2O/c1-26(21-7-5-19(6-8-21)4-3-16-28)25-14-13-24(30-2)18-20(25)15-17-29(26)23-11-9-22(27)10-12-23/h3-14,18H,15,17H2,1-2H3/b4-3+. The Labute approximate surface area is 176 Å². The van der Waals surface area contributed by atoms with Gasteiger partial charge in [0.05, 0.1) is 18.7 Å². The molecule has 0 saturated carbocycles. The number of hydrogen-bond donors (Lipinski definition) is 0. The van der Waals surface area contributed by atoms with Gasteiger partial charge in [-0.15, -0.1) is 0 Å². The van der Waals surface area contributed by atoms with E-state index in [-0.39, 0.29) is 5.82 Å². The van der Waals surface area contributed by atoms with Crippen LogP contribution in [0.2, 0.25) is 0 Å². The number of benzene rings is 3. The highest BCUT2D eigenvalue weighted by Crippen LogP contribution is 2.44. The van der Waals surface area contributed by atoms with Gasteiger partial charge in [-0.05, 0) is 78.1 Å². The van der Waals surface area contributed by atoms with Crippen LogP contribution in [-0.4, -0.2) is 13.7 Å². The Morgan fingerprint density at radius 2 is 1.80 bits per heavy atom. The maximum atomic E-state index is 13.6. The van der Waals surface area contributed by atoms with Crippen molar-refractivity contribution in [1.29, 1.82) is 5.26 Å². The molecule has 150 valence electrons. The predicted molar refractivity (Wildman–Crippen MR) is 118 cm³/mol. The number of ether oxygens (including phenoxy) is 1. The summed E-state index contributed by atoms with van der Waals surface area (Å²) in [5.41, 5.74) is 5.11. The van der Waals surface area contributed by atoms with Gasteiger partial charge in [-0.3, -0.25) is 0 Å². The molecule has 1 unspecified atom stereocenters. The minimum absolute atomic E-state index is 0.240. The van der Waals surface area contributed by atoms with Crippen molar-refractivity contribution in [3.63, 3.8) is 0 Å². The quantitative estimate of drug-likeness (QED) is 0.529. The third-order valence-electron chi connectivity index (χ3n) is 5.94. The molecule has 0 radical (unpaired) electrons. The molecule has 4 rings (SSSR count). The van der Waals surface area contributed by atoms with Gasteiger partial charge in [0.2, 0.25) is 0 Å². The van der Waals surface area contributed by atoms with Gasteiger partial charge in [-0.2, -0.15) is 5.26 Å². The fourth-order valence-corrected chi connectivity index (χ4v) is 4.35. The molecule has 0 fully saturated rings. The van der Waals surface area contributed by atoms with Gasteiger partial charge >= 0.3 is 0 Å². The number of halogens is 1. The number of hydrogen-bond acceptors (Lipinski definition) is 3. The topological polar surface area (TPSA) is 36.3 Å². The lowest BCUT2D eigenvalue weighted by Gasteiger charge is -2.48. The molecular formula is C26H23FN2O. The van der Waals surface area contributed by atoms with Crippen LogP contribution in [0.15, 0.2) is 72.8 Å². The molecule has 0 aliphatic carbocycles. The third-order valence-corrected chi connectivity index (χ3v) is 5.94. The van der Waals surface area contributed by atoms with E-state index in [1.54, 1.807) is 13.2 Å². The smallest absolute Gasteiger partial charge is 0.123 e. The zero-order valence-electron chi connectivity index (χ0n) is 17.1. The number of anilines is 1. The van der Waals surface area contributed by atoms with Crippen LogP contribution in [0.3, 0.4) is 0 Å². The van der Waals surface area contributed by atoms with Crippen molar-refractivity contribution in [1.82, 2.24) is 0 Å². The lowest BCUT2D eigenvalue weighted by Crippen LogP contribution is -2.49. The summed E-state index contributed by atoms with van der Waals surface area (Å²) in [4.78, 5) is 2.33. The van der Waals surface area contributed by atoms with Crippen molar-refractivity contribution in [2.24, 2.45) is 0 Å². The van der Waals surface area contributed by atoms with E-state index in [1.165, 1.54) is 29.3 Å². The molecule has 0 bridgehead atoms. The summed E-state index contributed by atoms with van der Waals surface area (Å²) in [6.45, 7) is 3.01. The van der Waals surface area contributed by atoms with Crippen LogP contribution in [0.4, 0.5) is 10.1 Å². The van der Waals surface area contributed by atoms with E-state index in [1.807, 2.05) is 36.4 Å². The Bertz CT molecular complexity index is 1110. The number of methoxy groups -OCH3 is 1. The normalized spacial score (nSPS) is 18.1. The number of rotatable bonds is 4. The first-order chi connectivity index (χ1) is 14.6. The Kier molecular flexibility index (Phi) is 5.29. The van der Waals surface area contributed by atoms with E-state index < -0.39 is 5.54 Å². The molecule has 1 atom stereocenters. The summed E-state index contributed by atoms with van der Waals surface area (Å²) >= 11 is 0. The summed E-state index contributed by atoms with van der Waals surface area (Å²) in [5, 5.41) is 8.78. The molecule has 30 heavy (non-hydrogen) atoms. The van der Waals surface area contributed by atoms with Crippen molar-refractivity contribution in [2.75, 3.05) is 18.6 Å². The van der Waals surface area contributed by atoms with E-state index in [0.717, 1.165) is 35.5 Å². The highest BCUT2D eigenvalue weighted by molar-refractivity contribution is 5.61. The molecule has 3 nitrogen and oxygen atoms in total. The molecule has 0 spiro atoms. The summed E-state index contributed by atoms with van der Waals surface area (Å²) < 4.78 is 19.0. The molecular weight excluding hydrogens is 375 g/mol. The molecule has 3 aromatic carbocycles. The molecule has 1 aliphatic rings. The predicted octanol–water partition coefficient (Wildman–Crippen LogP) is 5.70. The molecule has 1 heterocycles. The Morgan fingerprint density at radius 1 is 1.07 bits per heavy atom. The Morgan fingerprint density at radius 3 is 2.47 bits per heavy atom. The van der Waals surface area contributed by atoms with Crippen LogP contribution in [0.25, 0.3) is 6.08 Å². The number of fused-ring (bicyclic) bond motifs is 1. The van der Waals surface area contributed by atoms with Crippen LogP contribution in [0.1, 0.15) is 29.2 Å². The van der Waals surface area contributed by atoms with Gasteiger partial charge in [-0.25, -0.2) is 4.39 Å². The molecule has 1 aliphatic heterocycles. The summed E-state index contributed by atoms with van der Waals surface area (Å²) in [6, 6.07) is 23.2. The second-order valence-corrected chi connectivity index (χ2v) is 7.56. The molecule has 0 saturated heterocycles. The third kappa shape index (κ3) is 3.44. The van der Waals surface area contributed by atoms with Crippen LogP contribution >= 0.6 is 0 Å². The molecule has 0 aromatic heterocycles. The van der Waals surface area contributed by atoms with E-state index in [4.69, 9.17) is 10.00 Å². The van der Waals surface area contributed by atoms with Crippen molar-refractivity contribution in [3.05, 3.63) is 101 Å². The highest BCUT2D eigenvalue weighted by atomic mass is 19.1. The molecule has 3 aromatic rings. The second kappa shape index (κ2) is 8.04. The van der Waals surface area contributed by atoms with Gasteiger partial charge in [0, 0.05) is 18.3 Å². The number of nitrogens with zero attached hydrogens (tertiary/aromatic N) is 2. The minimum atomic E-state index is -0.435. The monoisotopic (exact) mass is 398 g/mol. The van der Waals surface area contributed by atoms with Crippen molar-refractivity contribution < 1.29 is 9.13 Å². The lowest BCUT2D eigenvalue weighted by atomic mass is 9.76. The SMILES string of the molecule is COc1ccc2c(c1)CCN(c1ccc(F)cc1)C2(C)c1ccc(/C=C/C#N)cc1. The number of allylic oxidation sites excluding steroid dienone is 1. The highest BCUT2D eigenvalue weighted by Gasteiger charge is 2.40. The van der Waals surface area contributed by atoms with E-state index in [2.05, 4.69) is 36.1 Å². The largest absolute Gasteiger partial charge is 0.497 e. The van der Waals surface area contributed by atoms with Crippen LogP contribution < -0.4 is 9.64 Å². The van der Waals surface area contributed by atoms with Crippen molar-refractivity contribution in [3.8, 4) is 11.8 Å². The average Bonchev–Trinajstić information content (AvgIpc) is 2.78. The van der Waals surface area contributed by atoms with E-state index in [9.17, 15) is 4.39 Å². The maximum absolute atomic E-state index is 13.6. The first-order valence-corrected chi connectivity index (χ1v) is 9.93. The van der Waals surface area contributed by atoms with Gasteiger partial charge < -0.3 is 9.64 Å². The molecule has 0 amide bonds. The van der Waals surface area contributed by atoms with Crippen LogP contribution in [0.5, 0.6) is 5.75 Å². The second-order valence-electron chi connectivity index (χ2n) is 7.56. The molecule has 0 N–H and O–H groups in total. The number of nitriles is 1. The lowest BCUT2D eigenvalue weighted by molar-refractivity contribution is 0.411. The fourth-order valence-electron chi connectivity index (χ4n) is 4.35. The zero-order valence-corrected chi connectivity index (χ0v) is 17.1. The average molecular weight is 398 g/mol. The van der Waals surface area contributed by atoms with E-state index >= 15 is 0 Å². The van der Waals surface area contributed by atoms with Gasteiger partial charge in [0.1, 0.15) is 11.6 Å². The Hall–Kier alpha value is -3.58. The first-order valence-electron chi connectivity index (χ1n) is 9.93. The summed E-state index contributed by atoms with van der Waals surface area (Å²) in [7, 11) is 1.68. The maximum Gasteiger partial charge on any atom is 0.123 e. The van der Waals surface area contributed by atoms with E-state index in [0.29, 0.717) is 0 Å². The van der Waals surface area contributed by atoms with Crippen molar-refractivity contribution >= 4 is 11.8 Å². The van der Waals surface area contributed by atoms with Crippen molar-refractivity contribution in [2.45, 2.75) is 18.9 Å². The zero-order chi connectivity index (χ0) is 21.1. The van der Waals surface area contributed by atoms with Crippen LogP contribution in [-0.2, 0) is 12.0 Å². The van der Waals surface area contributed by atoms with Gasteiger partial charge in [-0.1, -0.05) is 30.3 Å².